The molecule has 0 saturated carbocycles. The Balaban J connectivity index is 2.05. The molecule has 1 aromatic heterocycles. The minimum atomic E-state index is -0.782. The van der Waals surface area contributed by atoms with Crippen molar-refractivity contribution in [3.8, 4) is 0 Å². The van der Waals surface area contributed by atoms with E-state index in [0.717, 1.165) is 42.4 Å². The average Bonchev–Trinajstić information content (AvgIpc) is 2.77. The van der Waals surface area contributed by atoms with E-state index >= 15 is 0 Å². The number of carboxylic acid groups (broad SMARTS) is 1. The van der Waals surface area contributed by atoms with Crippen LogP contribution >= 0.6 is 0 Å². The summed E-state index contributed by atoms with van der Waals surface area (Å²) in [5.41, 5.74) is 1.61. The SMILES string of the molecule is O=C(O)C(c1cccc2cccnc12)N1CCCCCC1. The largest absolute Gasteiger partial charge is 0.480 e. The van der Waals surface area contributed by atoms with Gasteiger partial charge in [0.05, 0.1) is 5.52 Å². The van der Waals surface area contributed by atoms with Crippen molar-refractivity contribution in [3.05, 3.63) is 42.1 Å². The van der Waals surface area contributed by atoms with E-state index in [2.05, 4.69) is 9.88 Å². The number of nitrogens with zero attached hydrogens (tertiary/aromatic N) is 2. The van der Waals surface area contributed by atoms with E-state index < -0.39 is 12.0 Å². The lowest BCUT2D eigenvalue weighted by Gasteiger charge is -2.28. The zero-order valence-electron chi connectivity index (χ0n) is 12.0. The Morgan fingerprint density at radius 1 is 1.10 bits per heavy atom. The van der Waals surface area contributed by atoms with Gasteiger partial charge in [0, 0.05) is 17.1 Å². The van der Waals surface area contributed by atoms with Gasteiger partial charge in [-0.2, -0.15) is 0 Å². The number of para-hydroxylation sites is 1. The standard InChI is InChI=1S/C17H20N2O2/c20-17(21)16(19-11-3-1-2-4-12-19)14-9-5-7-13-8-6-10-18-15(13)14/h5-10,16H,1-4,11-12H2,(H,20,21). The van der Waals surface area contributed by atoms with Crippen LogP contribution in [-0.2, 0) is 4.79 Å². The van der Waals surface area contributed by atoms with E-state index in [1.807, 2.05) is 30.3 Å². The van der Waals surface area contributed by atoms with Crippen LogP contribution in [0.4, 0.5) is 0 Å². The number of aliphatic carboxylic acids is 1. The minimum Gasteiger partial charge on any atom is -0.480 e. The van der Waals surface area contributed by atoms with Crippen LogP contribution in [0, 0.1) is 0 Å². The zero-order valence-corrected chi connectivity index (χ0v) is 12.0. The molecular formula is C17H20N2O2. The zero-order chi connectivity index (χ0) is 14.7. The van der Waals surface area contributed by atoms with Gasteiger partial charge in [-0.05, 0) is 32.0 Å². The third-order valence-electron chi connectivity index (χ3n) is 4.20. The molecule has 110 valence electrons. The first-order chi connectivity index (χ1) is 10.3. The molecule has 0 bridgehead atoms. The van der Waals surface area contributed by atoms with Crippen LogP contribution in [0.3, 0.4) is 0 Å². The monoisotopic (exact) mass is 284 g/mol. The molecule has 0 radical (unpaired) electrons. The molecule has 3 rings (SSSR count). The molecule has 0 spiro atoms. The Bertz CT molecular complexity index is 628. The van der Waals surface area contributed by atoms with Gasteiger partial charge in [-0.15, -0.1) is 0 Å². The van der Waals surface area contributed by atoms with Crippen LogP contribution in [-0.4, -0.2) is 34.0 Å². The molecule has 1 aliphatic rings. The summed E-state index contributed by atoms with van der Waals surface area (Å²) in [4.78, 5) is 18.4. The Morgan fingerprint density at radius 3 is 2.52 bits per heavy atom. The molecule has 1 unspecified atom stereocenters. The summed E-state index contributed by atoms with van der Waals surface area (Å²) in [5, 5.41) is 10.8. The predicted molar refractivity (Wildman–Crippen MR) is 82.2 cm³/mol. The maximum absolute atomic E-state index is 11.9. The Hall–Kier alpha value is -1.94. The topological polar surface area (TPSA) is 53.4 Å². The molecule has 2 heterocycles. The van der Waals surface area contributed by atoms with Crippen molar-refractivity contribution >= 4 is 16.9 Å². The fraction of sp³-hybridized carbons (Fsp3) is 0.412. The van der Waals surface area contributed by atoms with Gasteiger partial charge in [-0.25, -0.2) is 0 Å². The first-order valence-corrected chi connectivity index (χ1v) is 7.58. The normalized spacial score (nSPS) is 18.3. The summed E-state index contributed by atoms with van der Waals surface area (Å²) in [7, 11) is 0. The predicted octanol–water partition coefficient (Wildman–Crippen LogP) is 3.24. The second kappa shape index (κ2) is 6.22. The third kappa shape index (κ3) is 2.90. The van der Waals surface area contributed by atoms with E-state index in [0.29, 0.717) is 0 Å². The highest BCUT2D eigenvalue weighted by atomic mass is 16.4. The van der Waals surface area contributed by atoms with E-state index in [-0.39, 0.29) is 0 Å². The van der Waals surface area contributed by atoms with E-state index in [1.165, 1.54) is 12.8 Å². The highest BCUT2D eigenvalue weighted by molar-refractivity contribution is 5.87. The summed E-state index contributed by atoms with van der Waals surface area (Å²) in [6.07, 6.45) is 6.25. The molecule has 0 amide bonds. The van der Waals surface area contributed by atoms with Crippen LogP contribution in [0.1, 0.15) is 37.3 Å². The molecule has 2 aromatic rings. The molecule has 0 aliphatic carbocycles. The first-order valence-electron chi connectivity index (χ1n) is 7.58. The number of fused-ring (bicyclic) bond motifs is 1. The minimum absolute atomic E-state index is 0.596. The van der Waals surface area contributed by atoms with Crippen LogP contribution in [0.25, 0.3) is 10.9 Å². The van der Waals surface area contributed by atoms with E-state index in [1.54, 1.807) is 6.20 Å². The van der Waals surface area contributed by atoms with Crippen molar-refractivity contribution in [1.29, 1.82) is 0 Å². The van der Waals surface area contributed by atoms with Gasteiger partial charge in [0.2, 0.25) is 0 Å². The lowest BCUT2D eigenvalue weighted by Crippen LogP contribution is -2.35. The summed E-state index contributed by atoms with van der Waals surface area (Å²) in [6, 6.07) is 9.07. The lowest BCUT2D eigenvalue weighted by atomic mass is 10.0. The maximum Gasteiger partial charge on any atom is 0.325 e. The smallest absolute Gasteiger partial charge is 0.325 e. The number of likely N-dealkylation sites (tertiary alicyclic amines) is 1. The van der Waals surface area contributed by atoms with Gasteiger partial charge in [0.25, 0.3) is 0 Å². The van der Waals surface area contributed by atoms with Gasteiger partial charge in [-0.3, -0.25) is 14.7 Å². The van der Waals surface area contributed by atoms with Crippen LogP contribution in [0.2, 0.25) is 0 Å². The highest BCUT2D eigenvalue weighted by Gasteiger charge is 2.29. The Labute approximate surface area is 124 Å². The molecule has 1 fully saturated rings. The van der Waals surface area contributed by atoms with Crippen molar-refractivity contribution in [3.63, 3.8) is 0 Å². The van der Waals surface area contributed by atoms with Gasteiger partial charge < -0.3 is 5.11 Å². The van der Waals surface area contributed by atoms with E-state index in [4.69, 9.17) is 0 Å². The van der Waals surface area contributed by atoms with Crippen molar-refractivity contribution < 1.29 is 9.90 Å². The summed E-state index contributed by atoms with van der Waals surface area (Å²) in [6.45, 7) is 1.69. The lowest BCUT2D eigenvalue weighted by molar-refractivity contribution is -0.143. The number of carbonyl (C=O) groups is 1. The molecule has 4 nitrogen and oxygen atoms in total. The molecule has 1 saturated heterocycles. The second-order valence-electron chi connectivity index (χ2n) is 5.61. The number of benzene rings is 1. The molecule has 4 heteroatoms. The first kappa shape index (κ1) is 14.0. The van der Waals surface area contributed by atoms with Gasteiger partial charge in [0.15, 0.2) is 0 Å². The quantitative estimate of drug-likeness (QED) is 0.940. The summed E-state index contributed by atoms with van der Waals surface area (Å²) in [5.74, 6) is -0.782. The van der Waals surface area contributed by atoms with E-state index in [9.17, 15) is 9.90 Å². The molecule has 21 heavy (non-hydrogen) atoms. The van der Waals surface area contributed by atoms with Crippen LogP contribution in [0.15, 0.2) is 36.5 Å². The molecule has 1 aromatic carbocycles. The number of rotatable bonds is 3. The number of carboxylic acids is 1. The van der Waals surface area contributed by atoms with Gasteiger partial charge >= 0.3 is 5.97 Å². The highest BCUT2D eigenvalue weighted by Crippen LogP contribution is 2.29. The third-order valence-corrected chi connectivity index (χ3v) is 4.20. The fourth-order valence-electron chi connectivity index (χ4n) is 3.19. The molecule has 1 aliphatic heterocycles. The molecule has 1 N–H and O–H groups in total. The number of hydrogen-bond acceptors (Lipinski definition) is 3. The van der Waals surface area contributed by atoms with Crippen molar-refractivity contribution in [1.82, 2.24) is 9.88 Å². The van der Waals surface area contributed by atoms with Crippen molar-refractivity contribution in [2.75, 3.05) is 13.1 Å². The number of pyridine rings is 1. The Kier molecular flexibility index (Phi) is 4.15. The fourth-order valence-corrected chi connectivity index (χ4v) is 3.19. The van der Waals surface area contributed by atoms with Crippen molar-refractivity contribution in [2.24, 2.45) is 0 Å². The van der Waals surface area contributed by atoms with Crippen molar-refractivity contribution in [2.45, 2.75) is 31.7 Å². The second-order valence-corrected chi connectivity index (χ2v) is 5.61. The van der Waals surface area contributed by atoms with Crippen LogP contribution in [0.5, 0.6) is 0 Å². The summed E-state index contributed by atoms with van der Waals surface area (Å²) < 4.78 is 0. The molecule has 1 atom stereocenters. The number of hydrogen-bond donors (Lipinski definition) is 1. The summed E-state index contributed by atoms with van der Waals surface area (Å²) >= 11 is 0. The Morgan fingerprint density at radius 2 is 1.81 bits per heavy atom. The molecular weight excluding hydrogens is 264 g/mol. The van der Waals surface area contributed by atoms with Crippen LogP contribution < -0.4 is 0 Å². The number of aromatic nitrogens is 1. The van der Waals surface area contributed by atoms with Gasteiger partial charge in [0.1, 0.15) is 6.04 Å². The van der Waals surface area contributed by atoms with Gasteiger partial charge in [-0.1, -0.05) is 37.1 Å². The average molecular weight is 284 g/mol. The maximum atomic E-state index is 11.9.